The van der Waals surface area contributed by atoms with Crippen molar-refractivity contribution in [1.82, 2.24) is 0 Å². The maximum atomic E-state index is 4.93. The fraction of sp³-hybridized carbons (Fsp3) is 0.120. The zero-order valence-electron chi connectivity index (χ0n) is 16.7. The number of thiol groups is 1. The van der Waals surface area contributed by atoms with Gasteiger partial charge >= 0.3 is 37.9 Å². The van der Waals surface area contributed by atoms with Crippen LogP contribution in [0.4, 0.5) is 5.69 Å². The van der Waals surface area contributed by atoms with Crippen LogP contribution in [0.5, 0.6) is 0 Å². The van der Waals surface area contributed by atoms with Gasteiger partial charge in [0.05, 0.1) is 0 Å². The van der Waals surface area contributed by atoms with Gasteiger partial charge in [-0.2, -0.15) is 0 Å². The number of allylic oxidation sites excluding steroid dienone is 2. The number of nitrogens with zero attached hydrogens (tertiary/aromatic N) is 1. The second-order valence-electron chi connectivity index (χ2n) is 7.08. The fourth-order valence-corrected chi connectivity index (χ4v) is 4.52. The molecule has 0 spiro atoms. The summed E-state index contributed by atoms with van der Waals surface area (Å²) in [6.07, 6.45) is 7.63. The van der Waals surface area contributed by atoms with Crippen molar-refractivity contribution in [3.63, 3.8) is 0 Å². The third-order valence-corrected chi connectivity index (χ3v) is 5.93. The number of fused-ring (bicyclic) bond motifs is 6. The Morgan fingerprint density at radius 3 is 2.58 bits per heavy atom. The van der Waals surface area contributed by atoms with Gasteiger partial charge < -0.3 is 18.4 Å². The van der Waals surface area contributed by atoms with Crippen LogP contribution in [0.15, 0.2) is 70.8 Å². The molecule has 0 saturated heterocycles. The zero-order valence-corrected chi connectivity index (χ0v) is 23.2. The van der Waals surface area contributed by atoms with Gasteiger partial charge in [-0.15, -0.1) is 82.9 Å². The molecule has 158 valence electrons. The van der Waals surface area contributed by atoms with Gasteiger partial charge in [-0.05, 0) is 17.3 Å². The minimum absolute atomic E-state index is 0. The minimum Gasteiger partial charge on any atom is -0.813 e. The molecular weight excluding hydrogens is 588 g/mol. The number of rotatable bonds is 0. The number of likely N-dealkylation sites (N-methyl/N-ethyl adjacent to an activating group) is 1. The maximum Gasteiger partial charge on any atom is -0.0528 e. The first-order valence-corrected chi connectivity index (χ1v) is 16.6. The first kappa shape index (κ1) is 24.9. The third kappa shape index (κ3) is 5.25. The molecule has 3 aromatic carbocycles. The van der Waals surface area contributed by atoms with Gasteiger partial charge in [0.2, 0.25) is 0 Å². The predicted octanol–water partition coefficient (Wildman–Crippen LogP) is 7.35. The van der Waals surface area contributed by atoms with Crippen molar-refractivity contribution in [2.24, 2.45) is 0 Å². The van der Waals surface area contributed by atoms with Crippen LogP contribution in [0.3, 0.4) is 0 Å². The summed E-state index contributed by atoms with van der Waals surface area (Å²) in [4.78, 5) is 2.29. The molecule has 1 nitrogen and oxygen atoms in total. The Kier molecular flexibility index (Phi) is 9.14. The molecule has 0 aromatic heterocycles. The number of hydrogen-bond acceptors (Lipinski definition) is 2. The van der Waals surface area contributed by atoms with E-state index in [-0.39, 0.29) is 13.5 Å². The Balaban J connectivity index is 0.000000177. The Bertz CT molecular complexity index is 1130. The Labute approximate surface area is 218 Å². The van der Waals surface area contributed by atoms with Gasteiger partial charge in [0.25, 0.3) is 0 Å². The van der Waals surface area contributed by atoms with Crippen LogP contribution in [0.2, 0.25) is 0 Å². The van der Waals surface area contributed by atoms with E-state index in [2.05, 4.69) is 101 Å². The average Bonchev–Trinajstić information content (AvgIpc) is 3.44. The van der Waals surface area contributed by atoms with E-state index in [1.807, 2.05) is 12.1 Å². The van der Waals surface area contributed by atoms with Crippen molar-refractivity contribution in [2.45, 2.75) is 12.3 Å². The summed E-state index contributed by atoms with van der Waals surface area (Å²) in [6.45, 7) is 0. The van der Waals surface area contributed by atoms with Crippen LogP contribution in [0.1, 0.15) is 33.7 Å². The summed E-state index contributed by atoms with van der Waals surface area (Å²) < 4.78 is 1.02. The van der Waals surface area contributed by atoms with E-state index < -0.39 is 20.8 Å². The maximum absolute atomic E-state index is 4.93. The number of halogens is 3. The molecule has 2 aliphatic carbocycles. The second kappa shape index (κ2) is 11.4. The molecule has 3 aromatic rings. The van der Waals surface area contributed by atoms with E-state index in [1.165, 1.54) is 39.2 Å². The van der Waals surface area contributed by atoms with Crippen LogP contribution in [0.25, 0.3) is 12.2 Å². The second-order valence-corrected chi connectivity index (χ2v) is 11.7. The standard InChI is InChI=1S/C16H11BrN.C9H7.2ClH.H2S.Zr/c1-18-14-5-3-2-4-13(14)16-12-7-6-11(17)8-10(12)9-15(16)18;1-2-5-9-7-3-6-8(9)4-1;;;;/h2-7,9,16H,1H3;1-4,7H,6H2;2*1H;1H2;/q2*-1;;;;+2/p-3. The Hall–Kier alpha value is -0.767. The summed E-state index contributed by atoms with van der Waals surface area (Å²) in [6, 6.07) is 25.6. The number of anilines is 1. The molecule has 0 fully saturated rings. The molecule has 6 rings (SSSR count). The molecule has 0 bridgehead atoms. The molecule has 1 aliphatic heterocycles. The van der Waals surface area contributed by atoms with Crippen molar-refractivity contribution >= 4 is 64.3 Å². The number of benzene rings is 3. The average molecular weight is 608 g/mol. The molecule has 1 atom stereocenters. The first-order chi connectivity index (χ1) is 14.6. The van der Waals surface area contributed by atoms with Crippen LogP contribution in [-0.2, 0) is 40.8 Å². The fourth-order valence-electron chi connectivity index (χ4n) is 4.17. The van der Waals surface area contributed by atoms with Crippen molar-refractivity contribution < 1.29 is 20.8 Å². The predicted molar refractivity (Wildman–Crippen MR) is 136 cm³/mol. The normalized spacial score (nSPS) is 15.7. The van der Waals surface area contributed by atoms with Crippen LogP contribution >= 0.6 is 33.0 Å². The summed E-state index contributed by atoms with van der Waals surface area (Å²) in [5.74, 6) is 0.394. The molecule has 0 saturated carbocycles. The molecule has 0 N–H and O–H groups in total. The summed E-state index contributed by atoms with van der Waals surface area (Å²) in [7, 11) is 12.0. The van der Waals surface area contributed by atoms with E-state index in [4.69, 9.17) is 17.0 Å². The first-order valence-electron chi connectivity index (χ1n) is 9.52. The third-order valence-electron chi connectivity index (χ3n) is 5.47. The summed E-state index contributed by atoms with van der Waals surface area (Å²) >= 11 is 2.67. The van der Waals surface area contributed by atoms with E-state index in [1.54, 1.807) is 0 Å². The van der Waals surface area contributed by atoms with E-state index in [0.29, 0.717) is 5.92 Å². The molecule has 6 heteroatoms. The van der Waals surface area contributed by atoms with Gasteiger partial charge in [-0.25, -0.2) is 0 Å². The van der Waals surface area contributed by atoms with E-state index in [0.717, 1.165) is 10.9 Å². The summed E-state index contributed by atoms with van der Waals surface area (Å²) in [5, 5.41) is 0. The van der Waals surface area contributed by atoms with Crippen molar-refractivity contribution in [1.29, 1.82) is 0 Å². The molecule has 0 radical (unpaired) electrons. The largest absolute Gasteiger partial charge is 0.813 e. The monoisotopic (exact) mass is 604 g/mol. The molecule has 31 heavy (non-hydrogen) atoms. The van der Waals surface area contributed by atoms with Crippen LogP contribution < -0.4 is 4.90 Å². The Morgan fingerprint density at radius 2 is 1.81 bits per heavy atom. The van der Waals surface area contributed by atoms with Gasteiger partial charge in [0.15, 0.2) is 0 Å². The quantitative estimate of drug-likeness (QED) is 0.149. The van der Waals surface area contributed by atoms with Crippen LogP contribution in [-0.4, -0.2) is 7.05 Å². The van der Waals surface area contributed by atoms with E-state index in [9.17, 15) is 0 Å². The van der Waals surface area contributed by atoms with Gasteiger partial charge in [0, 0.05) is 18.7 Å². The molecule has 1 unspecified atom stereocenters. The van der Waals surface area contributed by atoms with Crippen molar-refractivity contribution in [3.8, 4) is 0 Å². The topological polar surface area (TPSA) is 3.24 Å². The summed E-state index contributed by atoms with van der Waals surface area (Å²) in [5.41, 5.74) is 9.33. The van der Waals surface area contributed by atoms with Gasteiger partial charge in [0.1, 0.15) is 0 Å². The molecule has 3 aliphatic rings. The molecule has 0 amide bonds. The Morgan fingerprint density at radius 1 is 1.03 bits per heavy atom. The zero-order chi connectivity index (χ0) is 21.1. The van der Waals surface area contributed by atoms with Crippen LogP contribution in [0, 0.1) is 12.1 Å². The minimum atomic E-state index is -0.826. The number of para-hydroxylation sites is 1. The van der Waals surface area contributed by atoms with Gasteiger partial charge in [-0.1, -0.05) is 45.0 Å². The number of hydrogen-bond donors (Lipinski definition) is 0. The smallest absolute Gasteiger partial charge is 0.0528 e. The SMILES string of the molecule is CN1C2=Cc3[c-]c(Br)ccc3C2c2ccccc21.[Cl][Zr][Cl].[SH-].[c-]1cccc2c1C=CC2. The van der Waals surface area contributed by atoms with Crippen molar-refractivity contribution in [3.05, 3.63) is 111 Å². The van der Waals surface area contributed by atoms with Gasteiger partial charge in [-0.3, -0.25) is 0 Å². The van der Waals surface area contributed by atoms with E-state index >= 15 is 0 Å². The van der Waals surface area contributed by atoms with Crippen molar-refractivity contribution in [2.75, 3.05) is 11.9 Å². The molecule has 1 heterocycles. The molecular formula is C25H19BrCl2NSZr-3.